The summed E-state index contributed by atoms with van der Waals surface area (Å²) in [5, 5.41) is 0.770. The SMILES string of the molecule is O=C1COCCN1c1cccc(CCCCCCCSc2ccnc3cc(C(F)(F)F)ccc23)c1. The molecule has 1 amide bonds. The molecule has 2 aromatic carbocycles. The van der Waals surface area contributed by atoms with E-state index >= 15 is 0 Å². The number of aromatic nitrogens is 1. The number of thioether (sulfide) groups is 1. The first-order valence-electron chi connectivity index (χ1n) is 12.0. The minimum absolute atomic E-state index is 0.0112. The second-order valence-electron chi connectivity index (χ2n) is 8.67. The van der Waals surface area contributed by atoms with Crippen molar-refractivity contribution in [2.24, 2.45) is 0 Å². The molecular formula is C27H29F3N2O2S. The van der Waals surface area contributed by atoms with E-state index in [0.29, 0.717) is 18.7 Å². The summed E-state index contributed by atoms with van der Waals surface area (Å²) in [4.78, 5) is 18.9. The monoisotopic (exact) mass is 502 g/mol. The third-order valence-electron chi connectivity index (χ3n) is 6.11. The Balaban J connectivity index is 1.16. The number of fused-ring (bicyclic) bond motifs is 1. The van der Waals surface area contributed by atoms with Crippen molar-refractivity contribution in [2.75, 3.05) is 30.4 Å². The van der Waals surface area contributed by atoms with Gasteiger partial charge in [0.2, 0.25) is 0 Å². The Bertz CT molecular complexity index is 1150. The maximum atomic E-state index is 12.9. The molecule has 35 heavy (non-hydrogen) atoms. The Morgan fingerprint density at radius 2 is 1.83 bits per heavy atom. The standard InChI is InChI=1S/C27H29F3N2O2S/c28-27(29,30)21-10-11-23-24(18-21)31-13-12-25(23)35-16-5-3-1-2-4-7-20-8-6-9-22(17-20)32-14-15-34-19-26(32)33/h6,8-13,17-18H,1-5,7,14-16,19H2. The van der Waals surface area contributed by atoms with Crippen LogP contribution in [0.3, 0.4) is 0 Å². The van der Waals surface area contributed by atoms with Crippen molar-refractivity contribution in [3.8, 4) is 0 Å². The van der Waals surface area contributed by atoms with Gasteiger partial charge >= 0.3 is 6.18 Å². The van der Waals surface area contributed by atoms with Gasteiger partial charge in [0.15, 0.2) is 0 Å². The van der Waals surface area contributed by atoms with Crippen LogP contribution in [0.1, 0.15) is 43.2 Å². The molecule has 1 aliphatic rings. The van der Waals surface area contributed by atoms with Crippen LogP contribution in [0.4, 0.5) is 18.9 Å². The first-order valence-corrected chi connectivity index (χ1v) is 13.0. The summed E-state index contributed by atoms with van der Waals surface area (Å²) in [5.74, 6) is 0.938. The van der Waals surface area contributed by atoms with Crippen molar-refractivity contribution in [1.82, 2.24) is 4.98 Å². The van der Waals surface area contributed by atoms with Gasteiger partial charge in [-0.15, -0.1) is 11.8 Å². The van der Waals surface area contributed by atoms with E-state index in [4.69, 9.17) is 4.74 Å². The topological polar surface area (TPSA) is 42.4 Å². The van der Waals surface area contributed by atoms with Gasteiger partial charge in [-0.05, 0) is 60.9 Å². The first kappa shape index (κ1) is 25.5. The predicted octanol–water partition coefficient (Wildman–Crippen LogP) is 6.90. The molecule has 1 aliphatic heterocycles. The first-order chi connectivity index (χ1) is 16.9. The average molecular weight is 503 g/mol. The molecule has 0 bridgehead atoms. The van der Waals surface area contributed by atoms with Crippen LogP contribution in [-0.4, -0.2) is 36.4 Å². The Morgan fingerprint density at radius 3 is 2.66 bits per heavy atom. The van der Waals surface area contributed by atoms with Crippen LogP contribution in [0, 0.1) is 0 Å². The molecule has 2 heterocycles. The quantitative estimate of drug-likeness (QED) is 0.223. The van der Waals surface area contributed by atoms with Gasteiger partial charge in [-0.3, -0.25) is 9.78 Å². The number of morpholine rings is 1. The number of amides is 1. The molecule has 4 rings (SSSR count). The third kappa shape index (κ3) is 6.98. The number of carbonyl (C=O) groups excluding carboxylic acids is 1. The maximum Gasteiger partial charge on any atom is 0.416 e. The molecule has 0 atom stereocenters. The highest BCUT2D eigenvalue weighted by Gasteiger charge is 2.30. The lowest BCUT2D eigenvalue weighted by Crippen LogP contribution is -2.41. The highest BCUT2D eigenvalue weighted by atomic mass is 32.2. The van der Waals surface area contributed by atoms with Crippen LogP contribution in [-0.2, 0) is 22.1 Å². The van der Waals surface area contributed by atoms with E-state index in [1.807, 2.05) is 18.2 Å². The van der Waals surface area contributed by atoms with Crippen LogP contribution < -0.4 is 4.90 Å². The number of unbranched alkanes of at least 4 members (excludes halogenated alkanes) is 4. The summed E-state index contributed by atoms with van der Waals surface area (Å²) < 4.78 is 44.0. The molecule has 0 spiro atoms. The van der Waals surface area contributed by atoms with Gasteiger partial charge in [0, 0.05) is 28.7 Å². The van der Waals surface area contributed by atoms with Crippen LogP contribution in [0.15, 0.2) is 59.6 Å². The summed E-state index contributed by atoms with van der Waals surface area (Å²) in [5.41, 5.74) is 1.91. The number of nitrogens with zero attached hydrogens (tertiary/aromatic N) is 2. The Labute approximate surface area is 207 Å². The summed E-state index contributed by atoms with van der Waals surface area (Å²) in [6.07, 6.45) is 3.78. The molecule has 186 valence electrons. The van der Waals surface area contributed by atoms with Gasteiger partial charge in [0.25, 0.3) is 5.91 Å². The van der Waals surface area contributed by atoms with Crippen molar-refractivity contribution in [1.29, 1.82) is 0 Å². The van der Waals surface area contributed by atoms with Crippen LogP contribution >= 0.6 is 11.8 Å². The number of alkyl halides is 3. The van der Waals surface area contributed by atoms with Gasteiger partial charge in [-0.2, -0.15) is 13.2 Å². The third-order valence-corrected chi connectivity index (χ3v) is 7.27. The highest BCUT2D eigenvalue weighted by Crippen LogP contribution is 2.34. The van der Waals surface area contributed by atoms with E-state index in [-0.39, 0.29) is 12.5 Å². The van der Waals surface area contributed by atoms with Gasteiger partial charge in [0.05, 0.1) is 17.7 Å². The van der Waals surface area contributed by atoms with Crippen molar-refractivity contribution >= 4 is 34.3 Å². The number of rotatable bonds is 10. The van der Waals surface area contributed by atoms with E-state index in [2.05, 4.69) is 17.1 Å². The summed E-state index contributed by atoms with van der Waals surface area (Å²) in [7, 11) is 0. The molecule has 1 saturated heterocycles. The number of carbonyl (C=O) groups is 1. The lowest BCUT2D eigenvalue weighted by atomic mass is 10.0. The zero-order chi connectivity index (χ0) is 24.7. The molecule has 1 fully saturated rings. The number of hydrogen-bond acceptors (Lipinski definition) is 4. The minimum Gasteiger partial charge on any atom is -0.370 e. The van der Waals surface area contributed by atoms with E-state index < -0.39 is 11.7 Å². The van der Waals surface area contributed by atoms with Crippen LogP contribution in [0.2, 0.25) is 0 Å². The van der Waals surface area contributed by atoms with Crippen molar-refractivity contribution in [3.63, 3.8) is 0 Å². The van der Waals surface area contributed by atoms with Crippen molar-refractivity contribution in [2.45, 2.75) is 49.6 Å². The lowest BCUT2D eigenvalue weighted by Gasteiger charge is -2.27. The lowest BCUT2D eigenvalue weighted by molar-refractivity contribution is -0.137. The highest BCUT2D eigenvalue weighted by molar-refractivity contribution is 7.99. The molecule has 8 heteroatoms. The number of ether oxygens (including phenoxy) is 1. The van der Waals surface area contributed by atoms with Gasteiger partial charge in [0.1, 0.15) is 6.61 Å². The molecule has 4 nitrogen and oxygen atoms in total. The smallest absolute Gasteiger partial charge is 0.370 e. The summed E-state index contributed by atoms with van der Waals surface area (Å²) >= 11 is 1.68. The van der Waals surface area contributed by atoms with E-state index in [9.17, 15) is 18.0 Å². The van der Waals surface area contributed by atoms with E-state index in [1.165, 1.54) is 11.6 Å². The van der Waals surface area contributed by atoms with Crippen LogP contribution in [0.5, 0.6) is 0 Å². The fourth-order valence-corrected chi connectivity index (χ4v) is 5.29. The van der Waals surface area contributed by atoms with E-state index in [1.54, 1.807) is 22.9 Å². The van der Waals surface area contributed by atoms with Crippen molar-refractivity contribution < 1.29 is 22.7 Å². The zero-order valence-electron chi connectivity index (χ0n) is 19.5. The van der Waals surface area contributed by atoms with Gasteiger partial charge < -0.3 is 9.64 Å². The number of pyridine rings is 1. The zero-order valence-corrected chi connectivity index (χ0v) is 20.3. The van der Waals surface area contributed by atoms with E-state index in [0.717, 1.165) is 72.4 Å². The molecule has 0 unspecified atom stereocenters. The molecular weight excluding hydrogens is 473 g/mol. The normalized spacial score (nSPS) is 14.6. The second-order valence-corrected chi connectivity index (χ2v) is 9.81. The fraction of sp³-hybridized carbons (Fsp3) is 0.407. The number of aryl methyl sites for hydroxylation is 1. The summed E-state index contributed by atoms with van der Waals surface area (Å²) in [6.45, 7) is 1.33. The fourth-order valence-electron chi connectivity index (χ4n) is 4.24. The Kier molecular flexibility index (Phi) is 8.68. The number of benzene rings is 2. The minimum atomic E-state index is -4.36. The Hall–Kier alpha value is -2.58. The molecule has 0 radical (unpaired) electrons. The molecule has 1 aromatic heterocycles. The molecule has 0 N–H and O–H groups in total. The summed E-state index contributed by atoms with van der Waals surface area (Å²) in [6, 6.07) is 13.9. The maximum absolute atomic E-state index is 12.9. The average Bonchev–Trinajstić information content (AvgIpc) is 2.85. The number of anilines is 1. The van der Waals surface area contributed by atoms with Gasteiger partial charge in [-0.25, -0.2) is 0 Å². The van der Waals surface area contributed by atoms with Crippen LogP contribution in [0.25, 0.3) is 10.9 Å². The Morgan fingerprint density at radius 1 is 1.00 bits per heavy atom. The molecule has 0 saturated carbocycles. The van der Waals surface area contributed by atoms with Crippen molar-refractivity contribution in [3.05, 3.63) is 65.9 Å². The number of halogens is 3. The largest absolute Gasteiger partial charge is 0.416 e. The number of hydrogen-bond donors (Lipinski definition) is 0. The predicted molar refractivity (Wildman–Crippen MR) is 134 cm³/mol. The van der Waals surface area contributed by atoms with Gasteiger partial charge in [-0.1, -0.05) is 37.5 Å². The second kappa shape index (κ2) is 11.9. The molecule has 3 aromatic rings. The molecule has 0 aliphatic carbocycles.